The lowest BCUT2D eigenvalue weighted by molar-refractivity contribution is -0.384. The molecule has 1 saturated heterocycles. The molecule has 3 rings (SSSR count). The lowest BCUT2D eigenvalue weighted by Gasteiger charge is -2.39. The fourth-order valence-electron chi connectivity index (χ4n) is 4.26. The van der Waals surface area contributed by atoms with Crippen LogP contribution in [0.1, 0.15) is 31.7 Å². The number of hydrogen-bond donors (Lipinski definition) is 1. The van der Waals surface area contributed by atoms with Crippen molar-refractivity contribution in [2.45, 2.75) is 38.8 Å². The average Bonchev–Trinajstić information content (AvgIpc) is 2.79. The van der Waals surface area contributed by atoms with Crippen LogP contribution >= 0.6 is 0 Å². The van der Waals surface area contributed by atoms with Crippen LogP contribution in [0.2, 0.25) is 0 Å². The number of methoxy groups -OCH3 is 1. The van der Waals surface area contributed by atoms with Crippen LogP contribution in [-0.2, 0) is 11.3 Å². The largest absolute Gasteiger partial charge is 0.494 e. The van der Waals surface area contributed by atoms with Gasteiger partial charge in [0.25, 0.3) is 5.69 Å². The molecule has 1 aliphatic heterocycles. The fourth-order valence-corrected chi connectivity index (χ4v) is 4.26. The minimum absolute atomic E-state index is 0.0758. The van der Waals surface area contributed by atoms with Crippen molar-refractivity contribution in [2.75, 3.05) is 38.6 Å². The van der Waals surface area contributed by atoms with Crippen molar-refractivity contribution in [2.24, 2.45) is 0 Å². The SMILES string of the molecule is CCCN(CC(=O)Nc1ccc([N+](=O)[O-])cc1OC)C1CCCN(Cc2ccccc2)C1. The average molecular weight is 441 g/mol. The van der Waals surface area contributed by atoms with Crippen molar-refractivity contribution in [3.05, 3.63) is 64.2 Å². The molecule has 0 aromatic heterocycles. The minimum atomic E-state index is -0.485. The van der Waals surface area contributed by atoms with Gasteiger partial charge in [-0.25, -0.2) is 0 Å². The second kappa shape index (κ2) is 11.6. The third-order valence-electron chi connectivity index (χ3n) is 5.77. The summed E-state index contributed by atoms with van der Waals surface area (Å²) in [6, 6.07) is 15.0. The van der Waals surface area contributed by atoms with Gasteiger partial charge in [0.2, 0.25) is 5.91 Å². The molecule has 1 unspecified atom stereocenters. The Balaban J connectivity index is 1.63. The predicted octanol–water partition coefficient (Wildman–Crippen LogP) is 3.92. The summed E-state index contributed by atoms with van der Waals surface area (Å²) in [5, 5.41) is 13.9. The van der Waals surface area contributed by atoms with Crippen molar-refractivity contribution in [1.29, 1.82) is 0 Å². The number of nitrogens with one attached hydrogen (secondary N) is 1. The lowest BCUT2D eigenvalue weighted by atomic mass is 10.0. The Morgan fingerprint density at radius 3 is 2.75 bits per heavy atom. The molecule has 1 heterocycles. The molecule has 1 atom stereocenters. The molecule has 0 radical (unpaired) electrons. The van der Waals surface area contributed by atoms with Crippen LogP contribution in [0.15, 0.2) is 48.5 Å². The molecule has 0 saturated carbocycles. The number of non-ortho nitro benzene ring substituents is 1. The number of piperidine rings is 1. The number of nitro groups is 1. The number of carbonyl (C=O) groups is 1. The molecule has 8 heteroatoms. The van der Waals surface area contributed by atoms with E-state index in [1.54, 1.807) is 0 Å². The Morgan fingerprint density at radius 2 is 2.06 bits per heavy atom. The Morgan fingerprint density at radius 1 is 1.28 bits per heavy atom. The number of hydrogen-bond acceptors (Lipinski definition) is 6. The number of carbonyl (C=O) groups excluding carboxylic acids is 1. The quantitative estimate of drug-likeness (QED) is 0.445. The highest BCUT2D eigenvalue weighted by atomic mass is 16.6. The van der Waals surface area contributed by atoms with Crippen LogP contribution in [0, 0.1) is 10.1 Å². The lowest BCUT2D eigenvalue weighted by Crippen LogP contribution is -2.50. The van der Waals surface area contributed by atoms with Crippen molar-refractivity contribution >= 4 is 17.3 Å². The third-order valence-corrected chi connectivity index (χ3v) is 5.77. The van der Waals surface area contributed by atoms with Crippen LogP contribution in [0.25, 0.3) is 0 Å². The molecule has 1 N–H and O–H groups in total. The third kappa shape index (κ3) is 6.51. The maximum absolute atomic E-state index is 12.8. The van der Waals surface area contributed by atoms with Gasteiger partial charge >= 0.3 is 0 Å². The summed E-state index contributed by atoms with van der Waals surface area (Å²) in [5.41, 5.74) is 1.67. The smallest absolute Gasteiger partial charge is 0.273 e. The van der Waals surface area contributed by atoms with Gasteiger partial charge in [-0.15, -0.1) is 0 Å². The summed E-state index contributed by atoms with van der Waals surface area (Å²) in [4.78, 5) is 28.1. The second-order valence-electron chi connectivity index (χ2n) is 8.18. The molecular formula is C24H32N4O4. The van der Waals surface area contributed by atoms with E-state index in [1.165, 1.54) is 30.9 Å². The Labute approximate surface area is 189 Å². The maximum Gasteiger partial charge on any atom is 0.273 e. The van der Waals surface area contributed by atoms with Crippen molar-refractivity contribution in [1.82, 2.24) is 9.80 Å². The summed E-state index contributed by atoms with van der Waals surface area (Å²) in [5.74, 6) is 0.132. The molecule has 0 spiro atoms. The van der Waals surface area contributed by atoms with E-state index in [0.717, 1.165) is 45.4 Å². The molecule has 1 fully saturated rings. The number of nitro benzene ring substituents is 1. The molecule has 8 nitrogen and oxygen atoms in total. The molecule has 0 bridgehead atoms. The van der Waals surface area contributed by atoms with Crippen molar-refractivity contribution in [3.63, 3.8) is 0 Å². The number of ether oxygens (including phenoxy) is 1. The normalized spacial score (nSPS) is 16.7. The number of rotatable bonds is 10. The number of likely N-dealkylation sites (tertiary alicyclic amines) is 1. The monoisotopic (exact) mass is 440 g/mol. The van der Waals surface area contributed by atoms with Gasteiger partial charge in [0.15, 0.2) is 0 Å². The van der Waals surface area contributed by atoms with Gasteiger partial charge in [0, 0.05) is 25.2 Å². The highest BCUT2D eigenvalue weighted by Gasteiger charge is 2.26. The van der Waals surface area contributed by atoms with E-state index in [-0.39, 0.29) is 23.9 Å². The summed E-state index contributed by atoms with van der Waals surface area (Å²) in [6.07, 6.45) is 3.14. The van der Waals surface area contributed by atoms with Crippen LogP contribution in [0.5, 0.6) is 5.75 Å². The zero-order chi connectivity index (χ0) is 22.9. The van der Waals surface area contributed by atoms with Gasteiger partial charge < -0.3 is 10.1 Å². The van der Waals surface area contributed by atoms with Crippen molar-refractivity contribution < 1.29 is 14.5 Å². The van der Waals surface area contributed by atoms with E-state index in [2.05, 4.69) is 46.3 Å². The summed E-state index contributed by atoms with van der Waals surface area (Å²) >= 11 is 0. The van der Waals surface area contributed by atoms with Gasteiger partial charge in [-0.1, -0.05) is 37.3 Å². The summed E-state index contributed by atoms with van der Waals surface area (Å²) in [7, 11) is 1.43. The van der Waals surface area contributed by atoms with Gasteiger partial charge in [-0.05, 0) is 44.0 Å². The highest BCUT2D eigenvalue weighted by molar-refractivity contribution is 5.94. The van der Waals surface area contributed by atoms with E-state index in [4.69, 9.17) is 4.74 Å². The molecule has 1 amide bonds. The molecule has 172 valence electrons. The maximum atomic E-state index is 12.8. The highest BCUT2D eigenvalue weighted by Crippen LogP contribution is 2.29. The van der Waals surface area contributed by atoms with Gasteiger partial charge in [0.1, 0.15) is 5.75 Å². The second-order valence-corrected chi connectivity index (χ2v) is 8.18. The Kier molecular flexibility index (Phi) is 8.58. The molecule has 2 aromatic rings. The molecular weight excluding hydrogens is 408 g/mol. The van der Waals surface area contributed by atoms with E-state index in [9.17, 15) is 14.9 Å². The first-order valence-electron chi connectivity index (χ1n) is 11.1. The topological polar surface area (TPSA) is 88.0 Å². The van der Waals surface area contributed by atoms with E-state index in [0.29, 0.717) is 11.7 Å². The fraction of sp³-hybridized carbons (Fsp3) is 0.458. The number of anilines is 1. The zero-order valence-electron chi connectivity index (χ0n) is 18.8. The predicted molar refractivity (Wildman–Crippen MR) is 125 cm³/mol. The first-order valence-corrected chi connectivity index (χ1v) is 11.1. The van der Waals surface area contributed by atoms with Crippen molar-refractivity contribution in [3.8, 4) is 5.75 Å². The Hall–Kier alpha value is -2.97. The standard InChI is InChI=1S/C24H32N4O4/c1-3-13-27(21-10-7-14-26(17-21)16-19-8-5-4-6-9-19)18-24(29)25-22-12-11-20(28(30)31)15-23(22)32-2/h4-6,8-9,11-12,15,21H,3,7,10,13-14,16-18H2,1-2H3,(H,25,29). The summed E-state index contributed by atoms with van der Waals surface area (Å²) < 4.78 is 5.24. The van der Waals surface area contributed by atoms with E-state index >= 15 is 0 Å². The van der Waals surface area contributed by atoms with Crippen LogP contribution in [0.4, 0.5) is 11.4 Å². The van der Waals surface area contributed by atoms with Gasteiger partial charge in [0.05, 0.1) is 30.3 Å². The molecule has 1 aliphatic rings. The zero-order valence-corrected chi connectivity index (χ0v) is 18.8. The molecule has 32 heavy (non-hydrogen) atoms. The molecule has 0 aliphatic carbocycles. The van der Waals surface area contributed by atoms with Gasteiger partial charge in [-0.2, -0.15) is 0 Å². The van der Waals surface area contributed by atoms with Crippen LogP contribution in [0.3, 0.4) is 0 Å². The minimum Gasteiger partial charge on any atom is -0.494 e. The number of benzene rings is 2. The first kappa shape index (κ1) is 23.7. The first-order chi connectivity index (χ1) is 15.5. The van der Waals surface area contributed by atoms with E-state index < -0.39 is 4.92 Å². The molecule has 2 aromatic carbocycles. The number of nitrogens with zero attached hydrogens (tertiary/aromatic N) is 3. The van der Waals surface area contributed by atoms with Crippen LogP contribution in [-0.4, -0.2) is 60.0 Å². The van der Waals surface area contributed by atoms with E-state index in [1.807, 2.05) is 6.07 Å². The van der Waals surface area contributed by atoms with Crippen LogP contribution < -0.4 is 10.1 Å². The number of amides is 1. The van der Waals surface area contributed by atoms with Gasteiger partial charge in [-0.3, -0.25) is 24.7 Å². The Bertz CT molecular complexity index is 906. The summed E-state index contributed by atoms with van der Waals surface area (Å²) in [6.45, 7) is 6.16.